The van der Waals surface area contributed by atoms with Crippen molar-refractivity contribution in [3.05, 3.63) is 87.9 Å². The number of nitrogens with zero attached hydrogens (tertiary/aromatic N) is 4. The Morgan fingerprint density at radius 3 is 2.70 bits per heavy atom. The number of hydrogen-bond donors (Lipinski definition) is 2. The summed E-state index contributed by atoms with van der Waals surface area (Å²) >= 11 is 1.38. The van der Waals surface area contributed by atoms with Crippen LogP contribution in [-0.2, 0) is 21.3 Å². The van der Waals surface area contributed by atoms with Crippen LogP contribution in [0.2, 0.25) is 0 Å². The van der Waals surface area contributed by atoms with Gasteiger partial charge in [-0.15, -0.1) is 11.3 Å². The SMILES string of the molecule is Cc1nc(CS(=O)(=O)Cc2c(F)ccc3c(Oc4ncccc4-c4ccnc(N[C@H]5CCCNC5)n4)c(C)ccc23)cs1. The van der Waals surface area contributed by atoms with Crippen molar-refractivity contribution in [3.63, 3.8) is 0 Å². The number of hydrogen-bond acceptors (Lipinski definition) is 10. The first kappa shape index (κ1) is 29.1. The van der Waals surface area contributed by atoms with E-state index in [2.05, 4.69) is 25.6 Å². The van der Waals surface area contributed by atoms with E-state index in [1.54, 1.807) is 48.1 Å². The zero-order chi connectivity index (χ0) is 30.0. The predicted molar refractivity (Wildman–Crippen MR) is 167 cm³/mol. The highest BCUT2D eigenvalue weighted by atomic mass is 32.2. The van der Waals surface area contributed by atoms with E-state index in [0.29, 0.717) is 45.3 Å². The lowest BCUT2D eigenvalue weighted by atomic mass is 10.0. The number of aromatic nitrogens is 4. The van der Waals surface area contributed by atoms with E-state index in [0.717, 1.165) is 36.5 Å². The van der Waals surface area contributed by atoms with Gasteiger partial charge in [-0.05, 0) is 74.5 Å². The van der Waals surface area contributed by atoms with Crippen molar-refractivity contribution in [1.82, 2.24) is 25.3 Å². The number of benzene rings is 2. The third-order valence-corrected chi connectivity index (χ3v) is 9.62. The van der Waals surface area contributed by atoms with Gasteiger partial charge in [-0.3, -0.25) is 0 Å². The molecule has 0 saturated carbocycles. The maximum Gasteiger partial charge on any atom is 0.228 e. The van der Waals surface area contributed by atoms with Crippen LogP contribution >= 0.6 is 11.3 Å². The molecule has 1 saturated heterocycles. The molecule has 2 aromatic carbocycles. The number of pyridine rings is 1. The summed E-state index contributed by atoms with van der Waals surface area (Å²) < 4.78 is 47.8. The van der Waals surface area contributed by atoms with Gasteiger partial charge in [0.25, 0.3) is 0 Å². The van der Waals surface area contributed by atoms with E-state index in [1.165, 1.54) is 17.4 Å². The Hall–Kier alpha value is -4.00. The minimum atomic E-state index is -3.70. The number of halogens is 1. The number of ether oxygens (including phenoxy) is 1. The molecule has 0 spiro atoms. The topological polar surface area (TPSA) is 119 Å². The van der Waals surface area contributed by atoms with Crippen LogP contribution in [0.1, 0.15) is 34.7 Å². The Kier molecular flexibility index (Phi) is 8.33. The second-order valence-corrected chi connectivity index (χ2v) is 13.8. The van der Waals surface area contributed by atoms with E-state index in [-0.39, 0.29) is 17.4 Å². The molecule has 2 N–H and O–H groups in total. The van der Waals surface area contributed by atoms with Gasteiger partial charge < -0.3 is 15.4 Å². The minimum absolute atomic E-state index is 0.0965. The number of piperidine rings is 1. The van der Waals surface area contributed by atoms with E-state index in [4.69, 9.17) is 9.72 Å². The van der Waals surface area contributed by atoms with Crippen molar-refractivity contribution in [3.8, 4) is 22.9 Å². The summed E-state index contributed by atoms with van der Waals surface area (Å²) in [4.78, 5) is 17.9. The van der Waals surface area contributed by atoms with Crippen molar-refractivity contribution in [2.75, 3.05) is 18.4 Å². The van der Waals surface area contributed by atoms with Crippen LogP contribution in [0.4, 0.5) is 10.3 Å². The Balaban J connectivity index is 1.33. The number of rotatable bonds is 9. The van der Waals surface area contributed by atoms with Crippen LogP contribution in [0.25, 0.3) is 22.0 Å². The predicted octanol–water partition coefficient (Wildman–Crippen LogP) is 5.98. The average Bonchev–Trinajstić information content (AvgIpc) is 3.40. The molecule has 1 fully saturated rings. The van der Waals surface area contributed by atoms with Crippen LogP contribution in [0.3, 0.4) is 0 Å². The molecule has 1 aliphatic rings. The van der Waals surface area contributed by atoms with E-state index >= 15 is 4.39 Å². The molecule has 0 aliphatic carbocycles. The first-order valence-corrected chi connectivity index (χ1v) is 16.7. The maximum atomic E-state index is 15.2. The fourth-order valence-electron chi connectivity index (χ4n) is 5.28. The van der Waals surface area contributed by atoms with Crippen LogP contribution in [0.15, 0.2) is 60.2 Å². The summed E-state index contributed by atoms with van der Waals surface area (Å²) in [5.74, 6) is 0.000216. The monoisotopic (exact) mass is 618 g/mol. The summed E-state index contributed by atoms with van der Waals surface area (Å²) in [6.45, 7) is 5.56. The molecule has 1 aliphatic heterocycles. The number of sulfone groups is 1. The molecule has 12 heteroatoms. The molecule has 0 unspecified atom stereocenters. The number of thiazole rings is 1. The molecule has 9 nitrogen and oxygen atoms in total. The van der Waals surface area contributed by atoms with Gasteiger partial charge in [0.2, 0.25) is 11.8 Å². The largest absolute Gasteiger partial charge is 0.437 e. The van der Waals surface area contributed by atoms with Crippen molar-refractivity contribution in [2.45, 2.75) is 44.2 Å². The van der Waals surface area contributed by atoms with Gasteiger partial charge in [0.1, 0.15) is 11.6 Å². The first-order chi connectivity index (χ1) is 20.8. The van der Waals surface area contributed by atoms with Gasteiger partial charge >= 0.3 is 0 Å². The standard InChI is InChI=1S/C31H31FN6O3S2/c1-19-7-8-23-24(9-10-27(32)26(23)18-43(39,40)17-22-16-42-20(2)36-22)29(19)41-30-25(6-4-13-34-30)28-11-14-35-31(38-28)37-21-5-3-12-33-15-21/h4,6-11,13-14,16,21,33H,3,5,12,15,17-18H2,1-2H3,(H,35,37,38)/t21-/m0/s1. The number of fused-ring (bicyclic) bond motifs is 1. The highest BCUT2D eigenvalue weighted by Gasteiger charge is 2.22. The smallest absolute Gasteiger partial charge is 0.228 e. The highest BCUT2D eigenvalue weighted by molar-refractivity contribution is 7.89. The van der Waals surface area contributed by atoms with Crippen LogP contribution in [0.5, 0.6) is 11.6 Å². The maximum absolute atomic E-state index is 15.2. The minimum Gasteiger partial charge on any atom is -0.437 e. The molecule has 1 atom stereocenters. The molecule has 222 valence electrons. The second kappa shape index (κ2) is 12.3. The summed E-state index contributed by atoms with van der Waals surface area (Å²) in [6, 6.07) is 12.2. The number of anilines is 1. The lowest BCUT2D eigenvalue weighted by molar-refractivity contribution is 0.466. The lowest BCUT2D eigenvalue weighted by Gasteiger charge is -2.23. The molecular formula is C31H31FN6O3S2. The van der Waals surface area contributed by atoms with E-state index < -0.39 is 21.4 Å². The van der Waals surface area contributed by atoms with Crippen LogP contribution in [-0.4, -0.2) is 47.5 Å². The number of nitrogens with one attached hydrogen (secondary N) is 2. The van der Waals surface area contributed by atoms with Crippen molar-refractivity contribution < 1.29 is 17.5 Å². The molecule has 6 rings (SSSR count). The van der Waals surface area contributed by atoms with Crippen LogP contribution in [0, 0.1) is 19.7 Å². The van der Waals surface area contributed by atoms with Gasteiger partial charge in [0, 0.05) is 41.3 Å². The zero-order valence-electron chi connectivity index (χ0n) is 23.8. The van der Waals surface area contributed by atoms with E-state index in [9.17, 15) is 8.42 Å². The molecule has 4 heterocycles. The molecule has 0 amide bonds. The molecule has 0 radical (unpaired) electrons. The van der Waals surface area contributed by atoms with Gasteiger partial charge in [0.15, 0.2) is 9.84 Å². The zero-order valence-corrected chi connectivity index (χ0v) is 25.4. The Bertz CT molecular complexity index is 1890. The third-order valence-electron chi connectivity index (χ3n) is 7.33. The van der Waals surface area contributed by atoms with Gasteiger partial charge in [0.05, 0.1) is 33.5 Å². The van der Waals surface area contributed by atoms with E-state index in [1.807, 2.05) is 19.9 Å². The summed E-state index contributed by atoms with van der Waals surface area (Å²) in [7, 11) is -3.70. The molecule has 43 heavy (non-hydrogen) atoms. The summed E-state index contributed by atoms with van der Waals surface area (Å²) in [5, 5.41) is 10.3. The quantitative estimate of drug-likeness (QED) is 0.206. The Morgan fingerprint density at radius 2 is 1.91 bits per heavy atom. The molecule has 0 bridgehead atoms. The van der Waals surface area contributed by atoms with Crippen LogP contribution < -0.4 is 15.4 Å². The summed E-state index contributed by atoms with van der Waals surface area (Å²) in [6.07, 6.45) is 5.45. The first-order valence-electron chi connectivity index (χ1n) is 14.0. The third kappa shape index (κ3) is 6.66. The molecular weight excluding hydrogens is 588 g/mol. The van der Waals surface area contributed by atoms with Crippen molar-refractivity contribution in [2.24, 2.45) is 0 Å². The van der Waals surface area contributed by atoms with Gasteiger partial charge in [-0.2, -0.15) is 0 Å². The van der Waals surface area contributed by atoms with Crippen molar-refractivity contribution >= 4 is 37.9 Å². The normalized spacial score (nSPS) is 15.5. The Morgan fingerprint density at radius 1 is 1.05 bits per heavy atom. The molecule has 5 aromatic rings. The fraction of sp³-hybridized carbons (Fsp3) is 0.290. The lowest BCUT2D eigenvalue weighted by Crippen LogP contribution is -2.38. The summed E-state index contributed by atoms with van der Waals surface area (Å²) in [5.41, 5.74) is 2.65. The average molecular weight is 619 g/mol. The second-order valence-electron chi connectivity index (χ2n) is 10.6. The highest BCUT2D eigenvalue weighted by Crippen LogP contribution is 2.38. The number of aryl methyl sites for hydroxylation is 2. The van der Waals surface area contributed by atoms with Crippen molar-refractivity contribution in [1.29, 1.82) is 0 Å². The van der Waals surface area contributed by atoms with Gasteiger partial charge in [-0.1, -0.05) is 12.1 Å². The molecule has 3 aromatic heterocycles. The Labute approximate surface area is 253 Å². The fourth-order valence-corrected chi connectivity index (χ4v) is 7.43. The van der Waals surface area contributed by atoms with Gasteiger partial charge in [-0.25, -0.2) is 32.7 Å².